The Labute approximate surface area is 114 Å². The molecule has 0 aliphatic carbocycles. The van der Waals surface area contributed by atoms with Crippen molar-refractivity contribution in [1.82, 2.24) is 10.3 Å². The predicted molar refractivity (Wildman–Crippen MR) is 61.1 cm³/mol. The molecular weight excluding hydrogens is 316 g/mol. The molecule has 10 heteroatoms. The van der Waals surface area contributed by atoms with Crippen LogP contribution in [0.3, 0.4) is 0 Å². The molecule has 4 nitrogen and oxygen atoms in total. The summed E-state index contributed by atoms with van der Waals surface area (Å²) in [5.41, 5.74) is -3.31. The molecule has 0 saturated carbocycles. The van der Waals surface area contributed by atoms with E-state index in [9.17, 15) is 18.0 Å². The van der Waals surface area contributed by atoms with Crippen LogP contribution >= 0.6 is 34.5 Å². The zero-order valence-electron chi connectivity index (χ0n) is 8.81. The first-order chi connectivity index (χ1) is 8.04. The molecule has 102 valence electrons. The van der Waals surface area contributed by atoms with Gasteiger partial charge in [-0.25, -0.2) is 4.98 Å². The standard InChI is InChI=1S/C8H7Cl2F3N2O2S/c1-7(17,8(11,12)13)2-14-5(16)3-4(9)18-6(10)15-3/h17H,2H2,1H3,(H,14,16). The van der Waals surface area contributed by atoms with Crippen molar-refractivity contribution in [2.75, 3.05) is 6.54 Å². The third-order valence-electron chi connectivity index (χ3n) is 1.98. The molecule has 1 aromatic rings. The van der Waals surface area contributed by atoms with Gasteiger partial charge in [-0.2, -0.15) is 13.2 Å². The van der Waals surface area contributed by atoms with E-state index >= 15 is 0 Å². The number of amides is 1. The zero-order valence-corrected chi connectivity index (χ0v) is 11.1. The Hall–Kier alpha value is -0.570. The summed E-state index contributed by atoms with van der Waals surface area (Å²) in [5.74, 6) is -0.937. The van der Waals surface area contributed by atoms with Crippen LogP contribution in [0.2, 0.25) is 8.80 Å². The number of nitrogens with one attached hydrogen (secondary N) is 1. The van der Waals surface area contributed by atoms with Gasteiger partial charge >= 0.3 is 6.18 Å². The quantitative estimate of drug-likeness (QED) is 0.898. The van der Waals surface area contributed by atoms with Crippen LogP contribution in [0.4, 0.5) is 13.2 Å². The predicted octanol–water partition coefficient (Wildman–Crippen LogP) is 2.49. The molecular formula is C8H7Cl2F3N2O2S. The molecule has 1 atom stereocenters. The van der Waals surface area contributed by atoms with E-state index in [4.69, 9.17) is 28.3 Å². The van der Waals surface area contributed by atoms with Crippen molar-refractivity contribution in [3.8, 4) is 0 Å². The molecule has 1 heterocycles. The molecule has 1 rings (SSSR count). The number of nitrogens with zero attached hydrogens (tertiary/aromatic N) is 1. The summed E-state index contributed by atoms with van der Waals surface area (Å²) in [4.78, 5) is 15.0. The number of thiazole rings is 1. The Morgan fingerprint density at radius 1 is 1.50 bits per heavy atom. The highest BCUT2D eigenvalue weighted by molar-refractivity contribution is 7.19. The van der Waals surface area contributed by atoms with Crippen molar-refractivity contribution < 1.29 is 23.1 Å². The Balaban J connectivity index is 2.71. The minimum absolute atomic E-state index is 0.00673. The summed E-state index contributed by atoms with van der Waals surface area (Å²) in [6.07, 6.45) is -4.86. The highest BCUT2D eigenvalue weighted by Crippen LogP contribution is 2.30. The van der Waals surface area contributed by atoms with Crippen molar-refractivity contribution in [3.05, 3.63) is 14.5 Å². The Morgan fingerprint density at radius 3 is 2.44 bits per heavy atom. The van der Waals surface area contributed by atoms with Gasteiger partial charge in [-0.05, 0) is 6.92 Å². The minimum Gasteiger partial charge on any atom is -0.379 e. The van der Waals surface area contributed by atoms with Gasteiger partial charge in [-0.1, -0.05) is 34.5 Å². The second-order valence-electron chi connectivity index (χ2n) is 3.54. The molecule has 1 amide bonds. The number of rotatable bonds is 3. The van der Waals surface area contributed by atoms with Crippen LogP contribution < -0.4 is 5.32 Å². The molecule has 0 fully saturated rings. The smallest absolute Gasteiger partial charge is 0.379 e. The molecule has 0 spiro atoms. The Kier molecular flexibility index (Phi) is 4.47. The van der Waals surface area contributed by atoms with Crippen molar-refractivity contribution in [2.24, 2.45) is 0 Å². The monoisotopic (exact) mass is 322 g/mol. The highest BCUT2D eigenvalue weighted by Gasteiger charge is 2.50. The molecule has 0 aromatic carbocycles. The lowest BCUT2D eigenvalue weighted by molar-refractivity contribution is -0.249. The summed E-state index contributed by atoms with van der Waals surface area (Å²) < 4.78 is 36.9. The Morgan fingerprint density at radius 2 is 2.06 bits per heavy atom. The van der Waals surface area contributed by atoms with Crippen LogP contribution in [0.25, 0.3) is 0 Å². The molecule has 0 bridgehead atoms. The van der Waals surface area contributed by atoms with E-state index in [1.807, 2.05) is 5.32 Å². The molecule has 1 unspecified atom stereocenters. The van der Waals surface area contributed by atoms with Crippen LogP contribution in [0.5, 0.6) is 0 Å². The van der Waals surface area contributed by atoms with Crippen molar-refractivity contribution in [3.63, 3.8) is 0 Å². The van der Waals surface area contributed by atoms with Crippen molar-refractivity contribution in [2.45, 2.75) is 18.7 Å². The number of alkyl halides is 3. The van der Waals surface area contributed by atoms with Crippen molar-refractivity contribution in [1.29, 1.82) is 0 Å². The lowest BCUT2D eigenvalue weighted by atomic mass is 10.1. The van der Waals surface area contributed by atoms with Crippen LogP contribution in [-0.4, -0.2) is 34.3 Å². The number of aliphatic hydroxyl groups is 1. The number of halogens is 5. The van der Waals surface area contributed by atoms with Gasteiger partial charge < -0.3 is 10.4 Å². The highest BCUT2D eigenvalue weighted by atomic mass is 35.5. The zero-order chi connectivity index (χ0) is 14.1. The number of carbonyl (C=O) groups is 1. The van der Waals surface area contributed by atoms with Gasteiger partial charge in [-0.15, -0.1) is 0 Å². The number of aromatic nitrogens is 1. The molecule has 0 aliphatic rings. The first kappa shape index (κ1) is 15.5. The summed E-state index contributed by atoms with van der Waals surface area (Å²) in [7, 11) is 0. The normalized spacial score (nSPS) is 15.3. The SMILES string of the molecule is CC(O)(CNC(=O)c1nc(Cl)sc1Cl)C(F)(F)F. The number of hydrogen-bond donors (Lipinski definition) is 2. The summed E-state index contributed by atoms with van der Waals surface area (Å²) >= 11 is 11.9. The fraction of sp³-hybridized carbons (Fsp3) is 0.500. The van der Waals surface area contributed by atoms with Crippen LogP contribution in [0, 0.1) is 0 Å². The largest absolute Gasteiger partial charge is 0.418 e. The van der Waals surface area contributed by atoms with Gasteiger partial charge in [0.05, 0.1) is 6.54 Å². The number of hydrogen-bond acceptors (Lipinski definition) is 4. The number of carbonyl (C=O) groups excluding carboxylic acids is 1. The maximum atomic E-state index is 12.3. The molecule has 1 aromatic heterocycles. The lowest BCUT2D eigenvalue weighted by Crippen LogP contribution is -2.51. The Bertz CT molecular complexity index is 462. The first-order valence-corrected chi connectivity index (χ1v) is 6.01. The van der Waals surface area contributed by atoms with E-state index in [-0.39, 0.29) is 14.5 Å². The summed E-state index contributed by atoms with van der Waals surface area (Å²) in [5, 5.41) is 11.0. The van der Waals surface area contributed by atoms with Crippen LogP contribution in [0.1, 0.15) is 17.4 Å². The topological polar surface area (TPSA) is 62.2 Å². The average molecular weight is 323 g/mol. The minimum atomic E-state index is -4.86. The molecule has 2 N–H and O–H groups in total. The average Bonchev–Trinajstić information content (AvgIpc) is 2.53. The second kappa shape index (κ2) is 5.20. The third-order valence-corrected chi connectivity index (χ3v) is 3.34. The summed E-state index contributed by atoms with van der Waals surface area (Å²) in [6.45, 7) is -0.469. The van der Waals surface area contributed by atoms with Crippen molar-refractivity contribution >= 4 is 40.4 Å². The van der Waals surface area contributed by atoms with Gasteiger partial charge in [0.2, 0.25) is 0 Å². The van der Waals surface area contributed by atoms with Crippen LogP contribution in [-0.2, 0) is 0 Å². The van der Waals surface area contributed by atoms with Gasteiger partial charge in [0, 0.05) is 0 Å². The molecule has 0 radical (unpaired) electrons. The van der Waals surface area contributed by atoms with E-state index < -0.39 is 24.2 Å². The molecule has 18 heavy (non-hydrogen) atoms. The van der Waals surface area contributed by atoms with E-state index in [1.165, 1.54) is 0 Å². The van der Waals surface area contributed by atoms with E-state index in [1.54, 1.807) is 0 Å². The first-order valence-electron chi connectivity index (χ1n) is 4.44. The van der Waals surface area contributed by atoms with Gasteiger partial charge in [0.1, 0.15) is 4.34 Å². The third kappa shape index (κ3) is 3.47. The fourth-order valence-corrected chi connectivity index (χ4v) is 2.15. The van der Waals surface area contributed by atoms with Gasteiger partial charge in [0.15, 0.2) is 15.8 Å². The second-order valence-corrected chi connectivity index (χ2v) is 5.73. The van der Waals surface area contributed by atoms with E-state index in [2.05, 4.69) is 4.98 Å². The molecule has 0 saturated heterocycles. The fourth-order valence-electron chi connectivity index (χ4n) is 0.853. The van der Waals surface area contributed by atoms with Gasteiger partial charge in [0.25, 0.3) is 5.91 Å². The van der Waals surface area contributed by atoms with Crippen LogP contribution in [0.15, 0.2) is 0 Å². The maximum absolute atomic E-state index is 12.3. The van der Waals surface area contributed by atoms with Gasteiger partial charge in [-0.3, -0.25) is 4.79 Å². The lowest BCUT2D eigenvalue weighted by Gasteiger charge is -2.26. The van der Waals surface area contributed by atoms with E-state index in [0.717, 1.165) is 11.3 Å². The van der Waals surface area contributed by atoms with E-state index in [0.29, 0.717) is 6.92 Å². The molecule has 0 aliphatic heterocycles. The summed E-state index contributed by atoms with van der Waals surface area (Å²) in [6, 6.07) is 0. The maximum Gasteiger partial charge on any atom is 0.418 e.